The highest BCUT2D eigenvalue weighted by Gasteiger charge is 2.31. The average Bonchev–Trinajstić information content (AvgIpc) is 2.34. The van der Waals surface area contributed by atoms with E-state index in [1.807, 2.05) is 0 Å². The Kier molecular flexibility index (Phi) is 5.27. The molecule has 1 rings (SSSR count). The number of carbonyl (C=O) groups is 1. The molecule has 0 fully saturated rings. The van der Waals surface area contributed by atoms with Gasteiger partial charge in [-0.25, -0.2) is 4.21 Å². The number of halogens is 3. The van der Waals surface area contributed by atoms with Crippen molar-refractivity contribution in [3.05, 3.63) is 29.6 Å². The summed E-state index contributed by atoms with van der Waals surface area (Å²) in [5, 5.41) is 1.38. The van der Waals surface area contributed by atoms with Gasteiger partial charge in [0.2, 0.25) is 5.91 Å². The van der Waals surface area contributed by atoms with E-state index >= 15 is 0 Å². The summed E-state index contributed by atoms with van der Waals surface area (Å²) >= 11 is 0. The number of rotatable bonds is 3. The molecule has 0 aliphatic rings. The van der Waals surface area contributed by atoms with E-state index < -0.39 is 27.0 Å². The van der Waals surface area contributed by atoms with Gasteiger partial charge in [0, 0.05) is 34.0 Å². The molecule has 4 nitrogen and oxygen atoms in total. The SMILES string of the molecule is CC(C)(C)C(=O)NS(C)(=O)=CCc1ccc(C(F)(F)F)nc1. The lowest BCUT2D eigenvalue weighted by Gasteiger charge is -2.18. The Morgan fingerprint density at radius 1 is 1.32 bits per heavy atom. The van der Waals surface area contributed by atoms with Crippen LogP contribution < -0.4 is 4.72 Å². The van der Waals surface area contributed by atoms with Crippen LogP contribution in [0.4, 0.5) is 13.2 Å². The average molecular weight is 336 g/mol. The number of hydrogen-bond acceptors (Lipinski definition) is 3. The number of carbonyl (C=O) groups excluding carboxylic acids is 1. The van der Waals surface area contributed by atoms with Crippen LogP contribution in [0.3, 0.4) is 0 Å². The molecule has 0 radical (unpaired) electrons. The molecule has 0 saturated carbocycles. The summed E-state index contributed by atoms with van der Waals surface area (Å²) in [6.45, 7) is 5.08. The van der Waals surface area contributed by atoms with E-state index in [1.165, 1.54) is 17.7 Å². The summed E-state index contributed by atoms with van der Waals surface area (Å²) < 4.78 is 51.8. The van der Waals surface area contributed by atoms with Gasteiger partial charge in [0.05, 0.1) is 0 Å². The molecule has 0 saturated heterocycles. The molecular formula is C14H19F3N2O2S. The first-order valence-corrected chi connectivity index (χ1v) is 8.51. The van der Waals surface area contributed by atoms with Crippen molar-refractivity contribution in [1.29, 1.82) is 0 Å². The molecular weight excluding hydrogens is 317 g/mol. The Hall–Kier alpha value is -1.57. The van der Waals surface area contributed by atoms with E-state index in [0.29, 0.717) is 5.56 Å². The Morgan fingerprint density at radius 3 is 2.32 bits per heavy atom. The third kappa shape index (κ3) is 5.67. The molecule has 0 spiro atoms. The van der Waals surface area contributed by atoms with Crippen LogP contribution in [0.2, 0.25) is 0 Å². The van der Waals surface area contributed by atoms with E-state index in [4.69, 9.17) is 0 Å². The molecule has 124 valence electrons. The fourth-order valence-corrected chi connectivity index (χ4v) is 2.62. The Labute approximate surface area is 128 Å². The number of amides is 1. The fraction of sp³-hybridized carbons (Fsp3) is 0.500. The van der Waals surface area contributed by atoms with Gasteiger partial charge in [-0.15, -0.1) is 0 Å². The number of pyridine rings is 1. The van der Waals surface area contributed by atoms with Crippen molar-refractivity contribution < 1.29 is 22.2 Å². The van der Waals surface area contributed by atoms with E-state index in [1.54, 1.807) is 20.8 Å². The number of nitrogens with zero attached hydrogens (tertiary/aromatic N) is 1. The molecule has 0 bridgehead atoms. The summed E-state index contributed by atoms with van der Waals surface area (Å²) in [5.41, 5.74) is -1.18. The maximum absolute atomic E-state index is 12.4. The lowest BCUT2D eigenvalue weighted by atomic mass is 9.96. The van der Waals surface area contributed by atoms with Crippen molar-refractivity contribution in [2.24, 2.45) is 5.41 Å². The number of aromatic nitrogens is 1. The number of nitrogens with one attached hydrogen (secondary N) is 1. The van der Waals surface area contributed by atoms with Gasteiger partial charge >= 0.3 is 6.18 Å². The van der Waals surface area contributed by atoms with Crippen LogP contribution in [-0.2, 0) is 27.1 Å². The molecule has 1 unspecified atom stereocenters. The van der Waals surface area contributed by atoms with E-state index in [0.717, 1.165) is 12.3 Å². The predicted octanol–water partition coefficient (Wildman–Crippen LogP) is 2.44. The van der Waals surface area contributed by atoms with Crippen LogP contribution in [0.25, 0.3) is 0 Å². The van der Waals surface area contributed by atoms with Gasteiger partial charge in [0.25, 0.3) is 0 Å². The summed E-state index contributed by atoms with van der Waals surface area (Å²) in [7, 11) is -2.73. The fourth-order valence-electron chi connectivity index (χ4n) is 1.35. The van der Waals surface area contributed by atoms with Crippen LogP contribution in [0.1, 0.15) is 32.0 Å². The molecule has 8 heteroatoms. The summed E-state index contributed by atoms with van der Waals surface area (Å²) in [6.07, 6.45) is -1.89. The molecule has 22 heavy (non-hydrogen) atoms. The predicted molar refractivity (Wildman–Crippen MR) is 80.7 cm³/mol. The van der Waals surface area contributed by atoms with Gasteiger partial charge in [-0.2, -0.15) is 13.2 Å². The van der Waals surface area contributed by atoms with Crippen molar-refractivity contribution in [1.82, 2.24) is 9.71 Å². The summed E-state index contributed by atoms with van der Waals surface area (Å²) in [4.78, 5) is 15.1. The second-order valence-corrected chi connectivity index (χ2v) is 8.35. The Bertz CT molecular complexity index is 652. The van der Waals surface area contributed by atoms with Gasteiger partial charge in [0.1, 0.15) is 5.69 Å². The molecule has 1 aromatic rings. The lowest BCUT2D eigenvalue weighted by molar-refractivity contribution is -0.141. The molecule has 0 aliphatic carbocycles. The molecule has 1 aromatic heterocycles. The minimum Gasteiger partial charge on any atom is -0.283 e. The largest absolute Gasteiger partial charge is 0.433 e. The van der Waals surface area contributed by atoms with Gasteiger partial charge in [-0.05, 0) is 17.0 Å². The second-order valence-electron chi connectivity index (χ2n) is 6.01. The van der Waals surface area contributed by atoms with Crippen molar-refractivity contribution in [2.45, 2.75) is 33.4 Å². The highest BCUT2D eigenvalue weighted by Crippen LogP contribution is 2.27. The minimum absolute atomic E-state index is 0.144. The quantitative estimate of drug-likeness (QED) is 0.863. The molecule has 1 heterocycles. The third-order valence-corrected chi connectivity index (χ3v) is 4.12. The zero-order valence-corrected chi connectivity index (χ0v) is 13.6. The van der Waals surface area contributed by atoms with Crippen LogP contribution in [0.15, 0.2) is 18.3 Å². The van der Waals surface area contributed by atoms with Crippen LogP contribution in [0, 0.1) is 5.41 Å². The standard InChI is InChI=1S/C14H19F3N2O2S/c1-13(2,3)12(20)19-22(4,21)8-7-10-5-6-11(18-9-10)14(15,16)17/h5-6,8-9H,7H2,1-4H3,(H,19,20,21). The number of hydrogen-bond donors (Lipinski definition) is 1. The van der Waals surface area contributed by atoms with E-state index in [9.17, 15) is 22.2 Å². The maximum Gasteiger partial charge on any atom is 0.433 e. The molecule has 1 atom stereocenters. The van der Waals surface area contributed by atoms with Crippen molar-refractivity contribution in [2.75, 3.05) is 6.26 Å². The zero-order chi connectivity index (χ0) is 17.2. The minimum atomic E-state index is -4.48. The van der Waals surface area contributed by atoms with Gasteiger partial charge in [0.15, 0.2) is 0 Å². The van der Waals surface area contributed by atoms with Crippen molar-refractivity contribution in [3.8, 4) is 0 Å². The van der Waals surface area contributed by atoms with E-state index in [-0.39, 0.29) is 12.3 Å². The highest BCUT2D eigenvalue weighted by molar-refractivity contribution is 7.99. The van der Waals surface area contributed by atoms with Crippen molar-refractivity contribution >= 4 is 21.0 Å². The van der Waals surface area contributed by atoms with Gasteiger partial charge in [-0.1, -0.05) is 26.8 Å². The smallest absolute Gasteiger partial charge is 0.283 e. The van der Waals surface area contributed by atoms with Crippen LogP contribution in [-0.4, -0.2) is 26.7 Å². The third-order valence-electron chi connectivity index (χ3n) is 2.73. The van der Waals surface area contributed by atoms with Crippen molar-refractivity contribution in [3.63, 3.8) is 0 Å². The maximum atomic E-state index is 12.4. The van der Waals surface area contributed by atoms with E-state index in [2.05, 4.69) is 9.71 Å². The number of alkyl halides is 3. The van der Waals surface area contributed by atoms with Crippen LogP contribution in [0.5, 0.6) is 0 Å². The zero-order valence-electron chi connectivity index (χ0n) is 12.8. The first-order valence-electron chi connectivity index (χ1n) is 6.48. The highest BCUT2D eigenvalue weighted by atomic mass is 32.2. The topological polar surface area (TPSA) is 59.1 Å². The molecule has 0 aromatic carbocycles. The lowest BCUT2D eigenvalue weighted by Crippen LogP contribution is -2.39. The van der Waals surface area contributed by atoms with Gasteiger partial charge < -0.3 is 0 Å². The summed E-state index contributed by atoms with van der Waals surface area (Å²) in [5.74, 6) is -0.359. The molecule has 0 aliphatic heterocycles. The van der Waals surface area contributed by atoms with Gasteiger partial charge in [-0.3, -0.25) is 14.5 Å². The monoisotopic (exact) mass is 336 g/mol. The Balaban J connectivity index is 2.83. The first kappa shape index (κ1) is 18.5. The van der Waals surface area contributed by atoms with Crippen LogP contribution >= 0.6 is 0 Å². The molecule has 1 N–H and O–H groups in total. The first-order chi connectivity index (χ1) is 9.81. The Morgan fingerprint density at radius 2 is 1.91 bits per heavy atom. The second kappa shape index (κ2) is 6.28. The normalized spacial score (nSPS) is 15.0. The summed E-state index contributed by atoms with van der Waals surface area (Å²) in [6, 6.07) is 2.14. The molecule has 1 amide bonds.